The Morgan fingerprint density at radius 1 is 1.23 bits per heavy atom. The van der Waals surface area contributed by atoms with Crippen LogP contribution in [0.15, 0.2) is 23.8 Å². The minimum Gasteiger partial charge on any atom is -0.253 e. The van der Waals surface area contributed by atoms with Gasteiger partial charge in [-0.1, -0.05) is 6.07 Å². The molecule has 2 heterocycles. The van der Waals surface area contributed by atoms with Gasteiger partial charge in [0.1, 0.15) is 10.7 Å². The Kier molecular flexibility index (Phi) is 2.10. The van der Waals surface area contributed by atoms with Gasteiger partial charge in [0.25, 0.3) is 0 Å². The van der Waals surface area contributed by atoms with Crippen LogP contribution in [-0.2, 0) is 0 Å². The molecule has 0 amide bonds. The van der Waals surface area contributed by atoms with Gasteiger partial charge in [0.05, 0.1) is 0 Å². The van der Waals surface area contributed by atoms with Gasteiger partial charge in [0.15, 0.2) is 0 Å². The number of rotatable bonds is 1. The molecule has 2 rings (SSSR count). The molecule has 0 atom stereocenters. The summed E-state index contributed by atoms with van der Waals surface area (Å²) in [5, 5.41) is 2.97. The van der Waals surface area contributed by atoms with Crippen molar-refractivity contribution >= 4 is 11.3 Å². The van der Waals surface area contributed by atoms with Crippen LogP contribution in [0.1, 0.15) is 11.1 Å². The molecule has 0 aromatic carbocycles. The van der Waals surface area contributed by atoms with Crippen molar-refractivity contribution in [2.75, 3.05) is 0 Å². The Labute approximate surface area is 81.3 Å². The molecule has 0 saturated carbocycles. The summed E-state index contributed by atoms with van der Waals surface area (Å²) in [6, 6.07) is 2.13. The van der Waals surface area contributed by atoms with Crippen molar-refractivity contribution in [1.29, 1.82) is 0 Å². The van der Waals surface area contributed by atoms with Crippen LogP contribution in [0.5, 0.6) is 0 Å². The number of aromatic nitrogens is 2. The maximum absolute atomic E-state index is 4.37. The average molecular weight is 190 g/mol. The van der Waals surface area contributed by atoms with Gasteiger partial charge in [0, 0.05) is 17.8 Å². The number of hydrogen-bond donors (Lipinski definition) is 0. The Bertz CT molecular complexity index is 407. The minimum atomic E-state index is 0.998. The maximum atomic E-state index is 4.37. The fourth-order valence-electron chi connectivity index (χ4n) is 1.28. The molecule has 2 nitrogen and oxygen atoms in total. The summed E-state index contributed by atoms with van der Waals surface area (Å²) in [4.78, 5) is 8.60. The predicted octanol–water partition coefficient (Wildman–Crippen LogP) is 2.82. The number of thiazole rings is 1. The van der Waals surface area contributed by atoms with E-state index < -0.39 is 0 Å². The fraction of sp³-hybridized carbons (Fsp3) is 0.200. The van der Waals surface area contributed by atoms with Crippen molar-refractivity contribution in [2.45, 2.75) is 13.8 Å². The van der Waals surface area contributed by atoms with Crippen LogP contribution in [0.25, 0.3) is 10.7 Å². The zero-order valence-electron chi connectivity index (χ0n) is 7.61. The van der Waals surface area contributed by atoms with Crippen LogP contribution in [0.3, 0.4) is 0 Å². The van der Waals surface area contributed by atoms with Crippen LogP contribution in [0.2, 0.25) is 0 Å². The summed E-state index contributed by atoms with van der Waals surface area (Å²) in [5.41, 5.74) is 3.38. The molecule has 0 unspecified atom stereocenters. The van der Waals surface area contributed by atoms with E-state index in [0.29, 0.717) is 0 Å². The highest BCUT2D eigenvalue weighted by atomic mass is 32.1. The second kappa shape index (κ2) is 3.26. The Hall–Kier alpha value is -1.22. The van der Waals surface area contributed by atoms with E-state index in [2.05, 4.69) is 23.0 Å². The van der Waals surface area contributed by atoms with E-state index in [-0.39, 0.29) is 0 Å². The first-order valence-electron chi connectivity index (χ1n) is 4.10. The van der Waals surface area contributed by atoms with Gasteiger partial charge in [-0.2, -0.15) is 0 Å². The lowest BCUT2D eigenvalue weighted by Gasteiger charge is -2.01. The van der Waals surface area contributed by atoms with Gasteiger partial charge < -0.3 is 0 Å². The van der Waals surface area contributed by atoms with Crippen LogP contribution in [-0.4, -0.2) is 9.97 Å². The standard InChI is InChI=1S/C10H10N2S/c1-7-5-8(2)9(12-6-7)10-11-3-4-13-10/h3-6H,1-2H3. The van der Waals surface area contributed by atoms with Crippen LogP contribution < -0.4 is 0 Å². The molecule has 0 saturated heterocycles. The van der Waals surface area contributed by atoms with Crippen molar-refractivity contribution in [3.8, 4) is 10.7 Å². The molecule has 3 heteroatoms. The van der Waals surface area contributed by atoms with E-state index >= 15 is 0 Å². The zero-order chi connectivity index (χ0) is 9.26. The lowest BCUT2D eigenvalue weighted by molar-refractivity contribution is 1.21. The third-order valence-corrected chi connectivity index (χ3v) is 2.63. The predicted molar refractivity (Wildman–Crippen MR) is 54.8 cm³/mol. The minimum absolute atomic E-state index is 0.998. The van der Waals surface area contributed by atoms with E-state index in [1.807, 2.05) is 18.5 Å². The number of nitrogens with zero attached hydrogens (tertiary/aromatic N) is 2. The number of aryl methyl sites for hydroxylation is 2. The third kappa shape index (κ3) is 1.60. The monoisotopic (exact) mass is 190 g/mol. The molecule has 0 bridgehead atoms. The molecular formula is C10H10N2S. The lowest BCUT2D eigenvalue weighted by atomic mass is 10.2. The van der Waals surface area contributed by atoms with E-state index in [9.17, 15) is 0 Å². The van der Waals surface area contributed by atoms with Crippen LogP contribution >= 0.6 is 11.3 Å². The molecule has 66 valence electrons. The summed E-state index contributed by atoms with van der Waals surface area (Å²) >= 11 is 1.62. The fourth-order valence-corrected chi connectivity index (χ4v) is 1.98. The first-order chi connectivity index (χ1) is 6.27. The highest BCUT2D eigenvalue weighted by Gasteiger charge is 2.04. The van der Waals surface area contributed by atoms with Crippen molar-refractivity contribution in [1.82, 2.24) is 9.97 Å². The topological polar surface area (TPSA) is 25.8 Å². The summed E-state index contributed by atoms with van der Waals surface area (Å²) in [5.74, 6) is 0. The number of pyridine rings is 1. The van der Waals surface area contributed by atoms with Crippen molar-refractivity contribution < 1.29 is 0 Å². The van der Waals surface area contributed by atoms with E-state index in [4.69, 9.17) is 0 Å². The van der Waals surface area contributed by atoms with Gasteiger partial charge in [-0.15, -0.1) is 11.3 Å². The molecule has 0 spiro atoms. The first-order valence-corrected chi connectivity index (χ1v) is 4.98. The summed E-state index contributed by atoms with van der Waals surface area (Å²) < 4.78 is 0. The lowest BCUT2D eigenvalue weighted by Crippen LogP contribution is -1.88. The highest BCUT2D eigenvalue weighted by molar-refractivity contribution is 7.13. The molecule has 0 fully saturated rings. The van der Waals surface area contributed by atoms with Gasteiger partial charge in [-0.25, -0.2) is 4.98 Å². The SMILES string of the molecule is Cc1cnc(-c2nccs2)c(C)c1. The Morgan fingerprint density at radius 3 is 2.69 bits per heavy atom. The molecule has 0 aliphatic carbocycles. The largest absolute Gasteiger partial charge is 0.253 e. The molecule has 0 aliphatic heterocycles. The second-order valence-electron chi connectivity index (χ2n) is 3.02. The van der Waals surface area contributed by atoms with Gasteiger partial charge in [0.2, 0.25) is 0 Å². The van der Waals surface area contributed by atoms with Crippen molar-refractivity contribution in [3.05, 3.63) is 35.0 Å². The second-order valence-corrected chi connectivity index (χ2v) is 3.91. The van der Waals surface area contributed by atoms with E-state index in [1.54, 1.807) is 17.5 Å². The molecule has 2 aromatic rings. The first kappa shape index (κ1) is 8.38. The van der Waals surface area contributed by atoms with Crippen molar-refractivity contribution in [2.24, 2.45) is 0 Å². The zero-order valence-corrected chi connectivity index (χ0v) is 8.43. The molecule has 13 heavy (non-hydrogen) atoms. The molecule has 0 aliphatic rings. The van der Waals surface area contributed by atoms with Crippen molar-refractivity contribution in [3.63, 3.8) is 0 Å². The molecule has 0 radical (unpaired) electrons. The number of hydrogen-bond acceptors (Lipinski definition) is 3. The maximum Gasteiger partial charge on any atom is 0.142 e. The van der Waals surface area contributed by atoms with Crippen LogP contribution in [0, 0.1) is 13.8 Å². The smallest absolute Gasteiger partial charge is 0.142 e. The normalized spacial score (nSPS) is 10.3. The van der Waals surface area contributed by atoms with Gasteiger partial charge in [-0.3, -0.25) is 4.98 Å². The molecular weight excluding hydrogens is 180 g/mol. The summed E-state index contributed by atoms with van der Waals surface area (Å²) in [6.07, 6.45) is 3.69. The quantitative estimate of drug-likeness (QED) is 0.691. The highest BCUT2D eigenvalue weighted by Crippen LogP contribution is 2.22. The average Bonchev–Trinajstić information content (AvgIpc) is 2.56. The van der Waals surface area contributed by atoms with Crippen LogP contribution in [0.4, 0.5) is 0 Å². The summed E-state index contributed by atoms with van der Waals surface area (Å²) in [7, 11) is 0. The van der Waals surface area contributed by atoms with Gasteiger partial charge >= 0.3 is 0 Å². The Morgan fingerprint density at radius 2 is 2.08 bits per heavy atom. The molecule has 0 N–H and O–H groups in total. The van der Waals surface area contributed by atoms with Gasteiger partial charge in [-0.05, 0) is 25.0 Å². The molecule has 2 aromatic heterocycles. The third-order valence-electron chi connectivity index (χ3n) is 1.85. The van der Waals surface area contributed by atoms with E-state index in [0.717, 1.165) is 10.7 Å². The Balaban J connectivity index is 2.53. The van der Waals surface area contributed by atoms with E-state index in [1.165, 1.54) is 11.1 Å². The summed E-state index contributed by atoms with van der Waals surface area (Å²) in [6.45, 7) is 4.11.